The van der Waals surface area contributed by atoms with Gasteiger partial charge in [-0.05, 0) is 64.8 Å². The Morgan fingerprint density at radius 3 is 2.69 bits per heavy atom. The van der Waals surface area contributed by atoms with E-state index in [1.165, 1.54) is 45.1 Å². The lowest BCUT2D eigenvalue weighted by atomic mass is 9.74. The molecule has 0 spiro atoms. The molecule has 0 radical (unpaired) electrons. The van der Waals surface area contributed by atoms with E-state index in [9.17, 15) is 0 Å². The molecule has 0 bridgehead atoms. The summed E-state index contributed by atoms with van der Waals surface area (Å²) in [7, 11) is 0. The first-order valence-corrected chi connectivity index (χ1v) is 7.07. The maximum Gasteiger partial charge on any atom is 0.0153 e. The minimum absolute atomic E-state index is 0.362. The van der Waals surface area contributed by atoms with Crippen LogP contribution in [0.1, 0.15) is 59.3 Å². The lowest BCUT2D eigenvalue weighted by Crippen LogP contribution is -2.58. The van der Waals surface area contributed by atoms with E-state index < -0.39 is 0 Å². The number of nitrogens with zero attached hydrogens (tertiary/aromatic N) is 1. The molecule has 0 aromatic heterocycles. The molecule has 1 aliphatic heterocycles. The fourth-order valence-corrected chi connectivity index (χ4v) is 3.60. The van der Waals surface area contributed by atoms with Crippen LogP contribution in [0.25, 0.3) is 0 Å². The summed E-state index contributed by atoms with van der Waals surface area (Å²) in [5, 5.41) is 0. The molecule has 0 amide bonds. The third-order valence-electron chi connectivity index (χ3n) is 5.01. The molecule has 3 unspecified atom stereocenters. The Hall–Kier alpha value is -0.0800. The minimum Gasteiger partial charge on any atom is -0.328 e. The minimum atomic E-state index is 0.362. The van der Waals surface area contributed by atoms with E-state index in [-0.39, 0.29) is 0 Å². The van der Waals surface area contributed by atoms with Crippen molar-refractivity contribution in [2.24, 2.45) is 11.7 Å². The summed E-state index contributed by atoms with van der Waals surface area (Å²) in [4.78, 5) is 2.76. The zero-order chi connectivity index (χ0) is 11.8. The molecule has 2 rings (SSSR count). The second-order valence-electron chi connectivity index (χ2n) is 6.40. The lowest BCUT2D eigenvalue weighted by molar-refractivity contribution is -0.0183. The van der Waals surface area contributed by atoms with Crippen molar-refractivity contribution in [2.75, 3.05) is 6.54 Å². The molecule has 2 N–H and O–H groups in total. The van der Waals surface area contributed by atoms with Crippen molar-refractivity contribution in [3.63, 3.8) is 0 Å². The van der Waals surface area contributed by atoms with Gasteiger partial charge in [0.15, 0.2) is 0 Å². The highest BCUT2D eigenvalue weighted by molar-refractivity contribution is 4.96. The molecule has 2 aliphatic rings. The Labute approximate surface area is 101 Å². The number of likely N-dealkylation sites (tertiary alicyclic amines) is 1. The molecule has 1 aliphatic carbocycles. The van der Waals surface area contributed by atoms with Crippen LogP contribution in [0.4, 0.5) is 0 Å². The van der Waals surface area contributed by atoms with Crippen LogP contribution in [0, 0.1) is 5.92 Å². The summed E-state index contributed by atoms with van der Waals surface area (Å²) in [5.41, 5.74) is 6.52. The van der Waals surface area contributed by atoms with E-state index in [0.29, 0.717) is 11.6 Å². The second kappa shape index (κ2) is 4.66. The number of hydrogen-bond acceptors (Lipinski definition) is 2. The standard InChI is InChI=1S/C14H28N2/c1-4-14(2,3)16-9-5-6-11-7-8-12(15)10-13(11)16/h11-13H,4-10,15H2,1-3H3. The average Bonchev–Trinajstić information content (AvgIpc) is 2.28. The fourth-order valence-electron chi connectivity index (χ4n) is 3.60. The van der Waals surface area contributed by atoms with Crippen LogP contribution < -0.4 is 5.73 Å². The van der Waals surface area contributed by atoms with E-state index in [0.717, 1.165) is 12.0 Å². The monoisotopic (exact) mass is 224 g/mol. The highest BCUT2D eigenvalue weighted by Crippen LogP contribution is 2.38. The van der Waals surface area contributed by atoms with Crippen molar-refractivity contribution in [1.29, 1.82) is 0 Å². The van der Waals surface area contributed by atoms with Gasteiger partial charge in [-0.1, -0.05) is 6.92 Å². The molecule has 0 aromatic carbocycles. The van der Waals surface area contributed by atoms with E-state index in [4.69, 9.17) is 5.73 Å². The van der Waals surface area contributed by atoms with Gasteiger partial charge < -0.3 is 5.73 Å². The van der Waals surface area contributed by atoms with Gasteiger partial charge in [0.25, 0.3) is 0 Å². The first kappa shape index (κ1) is 12.4. The fraction of sp³-hybridized carbons (Fsp3) is 1.00. The predicted octanol–water partition coefficient (Wildman–Crippen LogP) is 2.77. The van der Waals surface area contributed by atoms with Crippen molar-refractivity contribution in [3.05, 3.63) is 0 Å². The smallest absolute Gasteiger partial charge is 0.0153 e. The molecular weight excluding hydrogens is 196 g/mol. The van der Waals surface area contributed by atoms with Crippen molar-refractivity contribution >= 4 is 0 Å². The predicted molar refractivity (Wildman–Crippen MR) is 69.4 cm³/mol. The summed E-state index contributed by atoms with van der Waals surface area (Å²) >= 11 is 0. The molecule has 1 saturated heterocycles. The molecule has 1 saturated carbocycles. The third kappa shape index (κ3) is 2.28. The summed E-state index contributed by atoms with van der Waals surface area (Å²) in [5.74, 6) is 0.930. The zero-order valence-corrected chi connectivity index (χ0v) is 11.2. The summed E-state index contributed by atoms with van der Waals surface area (Å²) in [6.07, 6.45) is 7.91. The van der Waals surface area contributed by atoms with Gasteiger partial charge in [-0.15, -0.1) is 0 Å². The lowest BCUT2D eigenvalue weighted by Gasteiger charge is -2.52. The number of fused-ring (bicyclic) bond motifs is 1. The van der Waals surface area contributed by atoms with Crippen LogP contribution in [-0.2, 0) is 0 Å². The van der Waals surface area contributed by atoms with Gasteiger partial charge in [-0.25, -0.2) is 0 Å². The first-order chi connectivity index (χ1) is 7.54. The van der Waals surface area contributed by atoms with Crippen LogP contribution in [0.5, 0.6) is 0 Å². The molecular formula is C14H28N2. The summed E-state index contributed by atoms with van der Waals surface area (Å²) in [6, 6.07) is 1.22. The Morgan fingerprint density at radius 2 is 2.00 bits per heavy atom. The van der Waals surface area contributed by atoms with E-state index >= 15 is 0 Å². The molecule has 2 nitrogen and oxygen atoms in total. The number of rotatable bonds is 2. The molecule has 94 valence electrons. The molecule has 2 fully saturated rings. The van der Waals surface area contributed by atoms with Gasteiger partial charge in [0, 0.05) is 17.6 Å². The Balaban J connectivity index is 2.12. The number of hydrogen-bond donors (Lipinski definition) is 1. The van der Waals surface area contributed by atoms with Crippen molar-refractivity contribution < 1.29 is 0 Å². The Bertz CT molecular complexity index is 237. The van der Waals surface area contributed by atoms with E-state index in [1.807, 2.05) is 0 Å². The van der Waals surface area contributed by atoms with Gasteiger partial charge in [-0.3, -0.25) is 4.90 Å². The normalized spacial score (nSPS) is 37.1. The number of nitrogens with two attached hydrogens (primary N) is 1. The van der Waals surface area contributed by atoms with Crippen LogP contribution in [0.2, 0.25) is 0 Å². The molecule has 16 heavy (non-hydrogen) atoms. The maximum atomic E-state index is 6.16. The molecule has 0 aromatic rings. The third-order valence-corrected chi connectivity index (χ3v) is 5.01. The first-order valence-electron chi connectivity index (χ1n) is 7.07. The largest absolute Gasteiger partial charge is 0.328 e. The molecule has 1 heterocycles. The van der Waals surface area contributed by atoms with Gasteiger partial charge in [0.2, 0.25) is 0 Å². The van der Waals surface area contributed by atoms with Gasteiger partial charge in [0.05, 0.1) is 0 Å². The van der Waals surface area contributed by atoms with Gasteiger partial charge in [-0.2, -0.15) is 0 Å². The highest BCUT2D eigenvalue weighted by Gasteiger charge is 2.40. The van der Waals surface area contributed by atoms with Crippen LogP contribution in [0.15, 0.2) is 0 Å². The SMILES string of the molecule is CCC(C)(C)N1CCCC2CCC(N)CC21. The van der Waals surface area contributed by atoms with Crippen LogP contribution in [0.3, 0.4) is 0 Å². The molecule has 2 heteroatoms. The van der Waals surface area contributed by atoms with Crippen molar-refractivity contribution in [2.45, 2.75) is 76.9 Å². The zero-order valence-electron chi connectivity index (χ0n) is 11.2. The Morgan fingerprint density at radius 1 is 1.25 bits per heavy atom. The highest BCUT2D eigenvalue weighted by atomic mass is 15.2. The summed E-state index contributed by atoms with van der Waals surface area (Å²) in [6.45, 7) is 8.39. The van der Waals surface area contributed by atoms with Crippen LogP contribution >= 0.6 is 0 Å². The summed E-state index contributed by atoms with van der Waals surface area (Å²) < 4.78 is 0. The van der Waals surface area contributed by atoms with Gasteiger partial charge >= 0.3 is 0 Å². The van der Waals surface area contributed by atoms with Crippen molar-refractivity contribution in [3.8, 4) is 0 Å². The topological polar surface area (TPSA) is 29.3 Å². The van der Waals surface area contributed by atoms with E-state index in [2.05, 4.69) is 25.7 Å². The van der Waals surface area contributed by atoms with Crippen molar-refractivity contribution in [1.82, 2.24) is 4.90 Å². The molecule has 3 atom stereocenters. The van der Waals surface area contributed by atoms with E-state index in [1.54, 1.807) is 0 Å². The number of piperidine rings is 1. The van der Waals surface area contributed by atoms with Crippen LogP contribution in [-0.4, -0.2) is 29.1 Å². The van der Waals surface area contributed by atoms with Gasteiger partial charge in [0.1, 0.15) is 0 Å². The second-order valence-corrected chi connectivity index (χ2v) is 6.40. The quantitative estimate of drug-likeness (QED) is 0.781. The maximum absolute atomic E-state index is 6.16. The average molecular weight is 224 g/mol. The Kier molecular flexibility index (Phi) is 3.60.